The van der Waals surface area contributed by atoms with Crippen LogP contribution in [0.4, 0.5) is 5.69 Å². The van der Waals surface area contributed by atoms with Crippen LogP contribution in [-0.4, -0.2) is 4.98 Å². The highest BCUT2D eigenvalue weighted by Gasteiger charge is 2.11. The van der Waals surface area contributed by atoms with Crippen molar-refractivity contribution in [3.63, 3.8) is 0 Å². The molecule has 0 spiro atoms. The molecule has 0 aliphatic heterocycles. The van der Waals surface area contributed by atoms with E-state index in [4.69, 9.17) is 10.2 Å². The summed E-state index contributed by atoms with van der Waals surface area (Å²) >= 11 is 1.61. The number of nitrogens with zero attached hydrogens (tertiary/aromatic N) is 1. The van der Waals surface area contributed by atoms with Gasteiger partial charge in [-0.05, 0) is 35.6 Å². The van der Waals surface area contributed by atoms with Crippen molar-refractivity contribution in [1.82, 2.24) is 4.98 Å². The van der Waals surface area contributed by atoms with Gasteiger partial charge in [-0.1, -0.05) is 13.0 Å². The van der Waals surface area contributed by atoms with Crippen molar-refractivity contribution >= 4 is 28.1 Å². The molecule has 0 aliphatic rings. The van der Waals surface area contributed by atoms with Gasteiger partial charge in [0.25, 0.3) is 0 Å². The van der Waals surface area contributed by atoms with Gasteiger partial charge in [0.15, 0.2) is 5.58 Å². The van der Waals surface area contributed by atoms with Crippen molar-refractivity contribution < 1.29 is 4.42 Å². The van der Waals surface area contributed by atoms with Crippen LogP contribution in [0.2, 0.25) is 0 Å². The lowest BCUT2D eigenvalue weighted by Gasteiger charge is -1.98. The van der Waals surface area contributed by atoms with Gasteiger partial charge in [0.2, 0.25) is 5.89 Å². The molecule has 0 amide bonds. The number of aryl methyl sites for hydroxylation is 1. The fourth-order valence-electron chi connectivity index (χ4n) is 1.83. The number of fused-ring (bicyclic) bond motifs is 1. The Morgan fingerprint density at radius 2 is 2.29 bits per heavy atom. The summed E-state index contributed by atoms with van der Waals surface area (Å²) in [5.74, 6) is 0.648. The molecule has 3 rings (SSSR count). The molecule has 0 fully saturated rings. The van der Waals surface area contributed by atoms with E-state index >= 15 is 0 Å². The van der Waals surface area contributed by atoms with Gasteiger partial charge in [0.05, 0.1) is 10.6 Å². The molecular formula is C13H12N2OS. The Morgan fingerprint density at radius 3 is 3.00 bits per heavy atom. The lowest BCUT2D eigenvalue weighted by atomic mass is 10.1. The standard InChI is InChI=1S/C13H12N2OS/c1-2-8-6-9(14)12-10(7-8)15-13(16-12)11-4-3-5-17-11/h3-7H,2,14H2,1H3. The number of thiophene rings is 1. The molecule has 0 unspecified atom stereocenters. The first kappa shape index (κ1) is 10.4. The molecule has 3 aromatic rings. The van der Waals surface area contributed by atoms with Crippen molar-refractivity contribution in [2.45, 2.75) is 13.3 Å². The van der Waals surface area contributed by atoms with E-state index in [1.54, 1.807) is 11.3 Å². The molecule has 0 aliphatic carbocycles. The first-order valence-electron chi connectivity index (χ1n) is 5.50. The zero-order valence-corrected chi connectivity index (χ0v) is 10.3. The molecule has 0 radical (unpaired) electrons. The Hall–Kier alpha value is -1.81. The summed E-state index contributed by atoms with van der Waals surface area (Å²) in [7, 11) is 0. The zero-order chi connectivity index (χ0) is 11.8. The SMILES string of the molecule is CCc1cc(N)c2oc(-c3cccs3)nc2c1. The molecule has 17 heavy (non-hydrogen) atoms. The predicted octanol–water partition coefficient (Wildman–Crippen LogP) is 3.70. The number of anilines is 1. The maximum absolute atomic E-state index is 5.97. The minimum absolute atomic E-state index is 0.648. The van der Waals surface area contributed by atoms with E-state index < -0.39 is 0 Å². The largest absolute Gasteiger partial charge is 0.433 e. The smallest absolute Gasteiger partial charge is 0.237 e. The molecule has 2 N–H and O–H groups in total. The highest BCUT2D eigenvalue weighted by Crippen LogP contribution is 2.31. The van der Waals surface area contributed by atoms with Gasteiger partial charge in [-0.25, -0.2) is 4.98 Å². The molecule has 4 heteroatoms. The minimum atomic E-state index is 0.648. The normalized spacial score (nSPS) is 11.1. The Bertz CT molecular complexity index is 655. The lowest BCUT2D eigenvalue weighted by molar-refractivity contribution is 0.623. The van der Waals surface area contributed by atoms with Crippen LogP contribution in [0.15, 0.2) is 34.1 Å². The van der Waals surface area contributed by atoms with Crippen LogP contribution < -0.4 is 5.73 Å². The van der Waals surface area contributed by atoms with Gasteiger partial charge >= 0.3 is 0 Å². The molecule has 86 valence electrons. The number of oxazole rings is 1. The number of nitrogens with two attached hydrogens (primary N) is 1. The highest BCUT2D eigenvalue weighted by atomic mass is 32.1. The summed E-state index contributed by atoms with van der Waals surface area (Å²) in [6.07, 6.45) is 0.946. The summed E-state index contributed by atoms with van der Waals surface area (Å²) < 4.78 is 5.72. The first-order chi connectivity index (χ1) is 8.28. The molecule has 2 aromatic heterocycles. The lowest BCUT2D eigenvalue weighted by Crippen LogP contribution is -1.88. The second-order valence-electron chi connectivity index (χ2n) is 3.88. The van der Waals surface area contributed by atoms with Crippen molar-refractivity contribution in [2.24, 2.45) is 0 Å². The fraction of sp³-hybridized carbons (Fsp3) is 0.154. The average molecular weight is 244 g/mol. The monoisotopic (exact) mass is 244 g/mol. The maximum atomic E-state index is 5.97. The van der Waals surface area contributed by atoms with Crippen LogP contribution in [0, 0.1) is 0 Å². The second-order valence-corrected chi connectivity index (χ2v) is 4.83. The van der Waals surface area contributed by atoms with Crippen LogP contribution >= 0.6 is 11.3 Å². The number of nitrogen functional groups attached to an aromatic ring is 1. The zero-order valence-electron chi connectivity index (χ0n) is 9.43. The van der Waals surface area contributed by atoms with Gasteiger partial charge in [0, 0.05) is 0 Å². The van der Waals surface area contributed by atoms with Crippen molar-refractivity contribution in [2.75, 3.05) is 5.73 Å². The summed E-state index contributed by atoms with van der Waals surface area (Å²) in [5.41, 5.74) is 9.34. The summed E-state index contributed by atoms with van der Waals surface area (Å²) in [5, 5.41) is 2.00. The third-order valence-electron chi connectivity index (χ3n) is 2.72. The second kappa shape index (κ2) is 3.89. The van der Waals surface area contributed by atoms with Gasteiger partial charge in [-0.3, -0.25) is 0 Å². The van der Waals surface area contributed by atoms with Gasteiger partial charge in [-0.2, -0.15) is 0 Å². The van der Waals surface area contributed by atoms with Crippen molar-refractivity contribution in [3.8, 4) is 10.8 Å². The Balaban J connectivity index is 2.22. The van der Waals surface area contributed by atoms with Crippen LogP contribution in [0.5, 0.6) is 0 Å². The van der Waals surface area contributed by atoms with Gasteiger partial charge < -0.3 is 10.2 Å². The minimum Gasteiger partial charge on any atom is -0.433 e. The molecule has 0 bridgehead atoms. The summed E-state index contributed by atoms with van der Waals surface area (Å²) in [6, 6.07) is 7.96. The van der Waals surface area contributed by atoms with Crippen LogP contribution in [0.1, 0.15) is 12.5 Å². The predicted molar refractivity (Wildman–Crippen MR) is 71.1 cm³/mol. The number of benzene rings is 1. The van der Waals surface area contributed by atoms with Gasteiger partial charge in [0.1, 0.15) is 5.52 Å². The van der Waals surface area contributed by atoms with E-state index in [-0.39, 0.29) is 0 Å². The van der Waals surface area contributed by atoms with E-state index in [1.165, 1.54) is 5.56 Å². The van der Waals surface area contributed by atoms with Crippen LogP contribution in [0.3, 0.4) is 0 Å². The summed E-state index contributed by atoms with van der Waals surface area (Å²) in [4.78, 5) is 5.51. The van der Waals surface area contributed by atoms with E-state index in [0.717, 1.165) is 16.8 Å². The molecule has 0 saturated heterocycles. The van der Waals surface area contributed by atoms with E-state index in [2.05, 4.69) is 11.9 Å². The molecule has 3 nitrogen and oxygen atoms in total. The molecule has 0 saturated carbocycles. The first-order valence-corrected chi connectivity index (χ1v) is 6.38. The summed E-state index contributed by atoms with van der Waals surface area (Å²) in [6.45, 7) is 2.10. The van der Waals surface area contributed by atoms with E-state index in [1.807, 2.05) is 29.6 Å². The third kappa shape index (κ3) is 1.70. The molecule has 2 heterocycles. The highest BCUT2D eigenvalue weighted by molar-refractivity contribution is 7.13. The van der Waals surface area contributed by atoms with Crippen molar-refractivity contribution in [1.29, 1.82) is 0 Å². The fourth-order valence-corrected chi connectivity index (χ4v) is 2.48. The molecule has 0 atom stereocenters. The average Bonchev–Trinajstić information content (AvgIpc) is 2.96. The van der Waals surface area contributed by atoms with Crippen LogP contribution in [-0.2, 0) is 6.42 Å². The molecule has 1 aromatic carbocycles. The Labute approximate surface area is 103 Å². The van der Waals surface area contributed by atoms with Crippen molar-refractivity contribution in [3.05, 3.63) is 35.2 Å². The topological polar surface area (TPSA) is 52.0 Å². The quantitative estimate of drug-likeness (QED) is 0.699. The van der Waals surface area contributed by atoms with E-state index in [9.17, 15) is 0 Å². The van der Waals surface area contributed by atoms with Gasteiger partial charge in [-0.15, -0.1) is 11.3 Å². The third-order valence-corrected chi connectivity index (χ3v) is 3.58. The Kier molecular flexibility index (Phi) is 2.37. The van der Waals surface area contributed by atoms with Crippen LogP contribution in [0.25, 0.3) is 21.9 Å². The number of hydrogen-bond acceptors (Lipinski definition) is 4. The number of rotatable bonds is 2. The number of hydrogen-bond donors (Lipinski definition) is 1. The Morgan fingerprint density at radius 1 is 1.41 bits per heavy atom. The molecular weight excluding hydrogens is 232 g/mol. The van der Waals surface area contributed by atoms with E-state index in [0.29, 0.717) is 17.2 Å². The number of aromatic nitrogens is 1. The maximum Gasteiger partial charge on any atom is 0.237 e.